The van der Waals surface area contributed by atoms with Crippen LogP contribution in [0.25, 0.3) is 5.70 Å². The van der Waals surface area contributed by atoms with E-state index in [1.165, 1.54) is 5.56 Å². The van der Waals surface area contributed by atoms with E-state index in [2.05, 4.69) is 29.6 Å². The van der Waals surface area contributed by atoms with Crippen LogP contribution in [0.5, 0.6) is 0 Å². The van der Waals surface area contributed by atoms with E-state index in [1.54, 1.807) is 0 Å². The van der Waals surface area contributed by atoms with Crippen molar-refractivity contribution in [1.82, 2.24) is 0 Å². The highest BCUT2D eigenvalue weighted by Gasteiger charge is 2.17. The molecule has 0 saturated heterocycles. The van der Waals surface area contributed by atoms with Crippen molar-refractivity contribution in [3.8, 4) is 0 Å². The predicted molar refractivity (Wildman–Crippen MR) is 71.4 cm³/mol. The number of nitrogens with one attached hydrogen (secondary N) is 1. The van der Waals surface area contributed by atoms with Gasteiger partial charge >= 0.3 is 0 Å². The number of rotatable bonds is 1. The van der Waals surface area contributed by atoms with Gasteiger partial charge in [0.25, 0.3) is 0 Å². The van der Waals surface area contributed by atoms with Gasteiger partial charge in [0.2, 0.25) is 0 Å². The molecule has 0 amide bonds. The number of anilines is 1. The van der Waals surface area contributed by atoms with E-state index >= 15 is 0 Å². The van der Waals surface area contributed by atoms with E-state index in [9.17, 15) is 0 Å². The molecule has 3 rings (SSSR count). The van der Waals surface area contributed by atoms with Gasteiger partial charge in [-0.2, -0.15) is 0 Å². The van der Waals surface area contributed by atoms with Gasteiger partial charge in [0.15, 0.2) is 0 Å². The average molecular weight is 222 g/mol. The van der Waals surface area contributed by atoms with Crippen molar-refractivity contribution in [2.45, 2.75) is 6.04 Å². The van der Waals surface area contributed by atoms with Crippen LogP contribution >= 0.6 is 0 Å². The number of hydrogen-bond acceptors (Lipinski definition) is 2. The van der Waals surface area contributed by atoms with Gasteiger partial charge in [-0.25, -0.2) is 0 Å². The van der Waals surface area contributed by atoms with Crippen LogP contribution in [-0.2, 0) is 0 Å². The van der Waals surface area contributed by atoms with Crippen LogP contribution in [0, 0.1) is 0 Å². The Morgan fingerprint density at radius 2 is 1.59 bits per heavy atom. The molecule has 2 heteroatoms. The van der Waals surface area contributed by atoms with E-state index in [0.29, 0.717) is 0 Å². The zero-order chi connectivity index (χ0) is 11.7. The van der Waals surface area contributed by atoms with Crippen molar-refractivity contribution in [2.75, 3.05) is 5.32 Å². The van der Waals surface area contributed by atoms with Crippen LogP contribution in [0.3, 0.4) is 0 Å². The quantitative estimate of drug-likeness (QED) is 0.777. The highest BCUT2D eigenvalue weighted by atomic mass is 14.9. The normalized spacial score (nSPS) is 17.9. The van der Waals surface area contributed by atoms with Crippen LogP contribution < -0.4 is 11.1 Å². The van der Waals surface area contributed by atoms with Crippen LogP contribution in [0.15, 0.2) is 60.7 Å². The third kappa shape index (κ3) is 1.78. The minimum atomic E-state index is 0.158. The lowest BCUT2D eigenvalue weighted by Crippen LogP contribution is -2.17. The van der Waals surface area contributed by atoms with Gasteiger partial charge in [-0.1, -0.05) is 48.5 Å². The number of para-hydroxylation sites is 1. The molecule has 0 spiro atoms. The summed E-state index contributed by atoms with van der Waals surface area (Å²) in [5.74, 6) is 0. The minimum absolute atomic E-state index is 0.158. The van der Waals surface area contributed by atoms with Crippen molar-refractivity contribution in [3.63, 3.8) is 0 Å². The Hall–Kier alpha value is -2.22. The summed E-state index contributed by atoms with van der Waals surface area (Å²) >= 11 is 0. The molecule has 0 fully saturated rings. The fraction of sp³-hybridized carbons (Fsp3) is 0.0667. The fourth-order valence-electron chi connectivity index (χ4n) is 2.18. The topological polar surface area (TPSA) is 38.0 Å². The first kappa shape index (κ1) is 9.97. The molecule has 1 heterocycles. The smallest absolute Gasteiger partial charge is 0.0721 e. The monoisotopic (exact) mass is 222 g/mol. The van der Waals surface area contributed by atoms with Gasteiger partial charge < -0.3 is 11.1 Å². The SMILES string of the molecule is NC1=CC(c2ccccc2)Nc2ccccc21. The zero-order valence-corrected chi connectivity index (χ0v) is 9.43. The maximum Gasteiger partial charge on any atom is 0.0721 e. The highest BCUT2D eigenvalue weighted by Crippen LogP contribution is 2.32. The molecular weight excluding hydrogens is 208 g/mol. The Labute approximate surface area is 101 Å². The second kappa shape index (κ2) is 3.98. The minimum Gasteiger partial charge on any atom is -0.398 e. The maximum absolute atomic E-state index is 6.10. The van der Waals surface area contributed by atoms with E-state index < -0.39 is 0 Å². The van der Waals surface area contributed by atoms with Crippen LogP contribution in [-0.4, -0.2) is 0 Å². The first-order chi connectivity index (χ1) is 8.34. The molecule has 2 nitrogen and oxygen atoms in total. The first-order valence-electron chi connectivity index (χ1n) is 5.73. The summed E-state index contributed by atoms with van der Waals surface area (Å²) in [6, 6.07) is 18.6. The molecule has 1 aliphatic rings. The fourth-order valence-corrected chi connectivity index (χ4v) is 2.18. The van der Waals surface area contributed by atoms with Crippen LogP contribution in [0.4, 0.5) is 5.69 Å². The van der Waals surface area contributed by atoms with Gasteiger partial charge in [0.05, 0.1) is 6.04 Å². The summed E-state index contributed by atoms with van der Waals surface area (Å²) in [4.78, 5) is 0. The Morgan fingerprint density at radius 3 is 2.41 bits per heavy atom. The van der Waals surface area contributed by atoms with Gasteiger partial charge in [-0.3, -0.25) is 0 Å². The first-order valence-corrected chi connectivity index (χ1v) is 5.73. The molecule has 0 saturated carbocycles. The standard InChI is InChI=1S/C15H14N2/c16-13-10-15(11-6-2-1-3-7-11)17-14-9-5-4-8-12(13)14/h1-10,15,17H,16H2. The van der Waals surface area contributed by atoms with Crippen molar-refractivity contribution < 1.29 is 0 Å². The molecule has 2 aromatic rings. The summed E-state index contributed by atoms with van der Waals surface area (Å²) in [5, 5.41) is 3.49. The van der Waals surface area contributed by atoms with Crippen LogP contribution in [0.2, 0.25) is 0 Å². The van der Waals surface area contributed by atoms with Gasteiger partial charge in [0.1, 0.15) is 0 Å². The number of benzene rings is 2. The molecule has 1 aliphatic heterocycles. The third-order valence-corrected chi connectivity index (χ3v) is 3.05. The van der Waals surface area contributed by atoms with Crippen molar-refractivity contribution >= 4 is 11.4 Å². The van der Waals surface area contributed by atoms with E-state index in [0.717, 1.165) is 16.9 Å². The molecule has 2 aromatic carbocycles. The predicted octanol–water partition coefficient (Wildman–Crippen LogP) is 3.15. The van der Waals surface area contributed by atoms with Crippen molar-refractivity contribution in [2.24, 2.45) is 5.73 Å². The van der Waals surface area contributed by atoms with E-state index in [4.69, 9.17) is 5.73 Å². The molecular formula is C15H14N2. The summed E-state index contributed by atoms with van der Waals surface area (Å²) < 4.78 is 0. The summed E-state index contributed by atoms with van der Waals surface area (Å²) in [7, 11) is 0. The number of nitrogens with two attached hydrogens (primary N) is 1. The lowest BCUT2D eigenvalue weighted by molar-refractivity contribution is 0.969. The number of hydrogen-bond donors (Lipinski definition) is 2. The van der Waals surface area contributed by atoms with Gasteiger partial charge in [0, 0.05) is 16.9 Å². The molecule has 17 heavy (non-hydrogen) atoms. The molecule has 0 bridgehead atoms. The van der Waals surface area contributed by atoms with Gasteiger partial charge in [-0.05, 0) is 17.7 Å². The largest absolute Gasteiger partial charge is 0.398 e. The Balaban J connectivity index is 2.02. The summed E-state index contributed by atoms with van der Waals surface area (Å²) in [6.45, 7) is 0. The molecule has 0 aromatic heterocycles. The second-order valence-electron chi connectivity index (χ2n) is 4.20. The van der Waals surface area contributed by atoms with Gasteiger partial charge in [-0.15, -0.1) is 0 Å². The zero-order valence-electron chi connectivity index (χ0n) is 9.43. The summed E-state index contributed by atoms with van der Waals surface area (Å²) in [5.41, 5.74) is 10.3. The Kier molecular flexibility index (Phi) is 2.33. The van der Waals surface area contributed by atoms with Crippen LogP contribution in [0.1, 0.15) is 17.2 Å². The third-order valence-electron chi connectivity index (χ3n) is 3.05. The van der Waals surface area contributed by atoms with Crippen molar-refractivity contribution in [1.29, 1.82) is 0 Å². The molecule has 1 unspecified atom stereocenters. The maximum atomic E-state index is 6.10. The number of fused-ring (bicyclic) bond motifs is 1. The lowest BCUT2D eigenvalue weighted by Gasteiger charge is -2.25. The van der Waals surface area contributed by atoms with Crippen molar-refractivity contribution in [3.05, 3.63) is 71.8 Å². The van der Waals surface area contributed by atoms with E-state index in [1.807, 2.05) is 36.4 Å². The van der Waals surface area contributed by atoms with E-state index in [-0.39, 0.29) is 6.04 Å². The molecule has 1 atom stereocenters. The molecule has 0 aliphatic carbocycles. The Morgan fingerprint density at radius 1 is 0.882 bits per heavy atom. The highest BCUT2D eigenvalue weighted by molar-refractivity contribution is 5.78. The lowest BCUT2D eigenvalue weighted by atomic mass is 9.98. The summed E-state index contributed by atoms with van der Waals surface area (Å²) in [6.07, 6.45) is 2.07. The Bertz CT molecular complexity index is 558. The average Bonchev–Trinajstić information content (AvgIpc) is 2.40. The molecule has 3 N–H and O–H groups in total. The molecule has 84 valence electrons. The molecule has 0 radical (unpaired) electrons. The second-order valence-corrected chi connectivity index (χ2v) is 4.20.